The lowest BCUT2D eigenvalue weighted by atomic mass is 9.67. The number of fused-ring (bicyclic) bond motifs is 2. The van der Waals surface area contributed by atoms with Crippen LogP contribution < -0.4 is 0 Å². The van der Waals surface area contributed by atoms with E-state index in [1.165, 1.54) is 0 Å². The van der Waals surface area contributed by atoms with Crippen LogP contribution in [-0.2, 0) is 4.79 Å². The molecule has 0 radical (unpaired) electrons. The third kappa shape index (κ3) is 0.812. The van der Waals surface area contributed by atoms with Crippen LogP contribution in [0.5, 0.6) is 0 Å². The number of hydrogen-bond donors (Lipinski definition) is 1. The van der Waals surface area contributed by atoms with Crippen LogP contribution in [0.3, 0.4) is 0 Å². The van der Waals surface area contributed by atoms with E-state index < -0.39 is 5.97 Å². The Morgan fingerprint density at radius 1 is 1.46 bits per heavy atom. The smallest absolute Gasteiger partial charge is 0.307 e. The Labute approximate surface area is 78.6 Å². The van der Waals surface area contributed by atoms with Gasteiger partial charge in [-0.15, -0.1) is 0 Å². The summed E-state index contributed by atoms with van der Waals surface area (Å²) >= 11 is 0. The molecule has 0 aliphatic heterocycles. The van der Waals surface area contributed by atoms with Crippen LogP contribution in [-0.4, -0.2) is 11.1 Å². The first-order valence-electron chi connectivity index (χ1n) is 4.82. The quantitative estimate of drug-likeness (QED) is 0.629. The van der Waals surface area contributed by atoms with Gasteiger partial charge in [-0.05, 0) is 17.8 Å². The highest BCUT2D eigenvalue weighted by molar-refractivity contribution is 5.73. The molecule has 0 unspecified atom stereocenters. The summed E-state index contributed by atoms with van der Waals surface area (Å²) in [7, 11) is 0. The average molecular weight is 180 g/mol. The van der Waals surface area contributed by atoms with Crippen molar-refractivity contribution in [3.63, 3.8) is 0 Å². The summed E-state index contributed by atoms with van der Waals surface area (Å²) in [5, 5.41) is 9.10. The van der Waals surface area contributed by atoms with Crippen molar-refractivity contribution >= 4 is 5.97 Å². The van der Waals surface area contributed by atoms with Gasteiger partial charge in [0, 0.05) is 5.41 Å². The van der Waals surface area contributed by atoms with Gasteiger partial charge in [-0.1, -0.05) is 32.9 Å². The van der Waals surface area contributed by atoms with E-state index in [2.05, 4.69) is 32.9 Å². The lowest BCUT2D eigenvalue weighted by Gasteiger charge is -2.36. The van der Waals surface area contributed by atoms with Crippen molar-refractivity contribution in [3.8, 4) is 0 Å². The fourth-order valence-corrected chi connectivity index (χ4v) is 2.97. The van der Waals surface area contributed by atoms with Crippen LogP contribution in [0.4, 0.5) is 0 Å². The van der Waals surface area contributed by atoms with Crippen molar-refractivity contribution < 1.29 is 9.90 Å². The molecule has 13 heavy (non-hydrogen) atoms. The molecule has 0 amide bonds. The van der Waals surface area contributed by atoms with E-state index in [9.17, 15) is 4.79 Å². The molecule has 0 saturated heterocycles. The van der Waals surface area contributed by atoms with Crippen molar-refractivity contribution in [1.29, 1.82) is 0 Å². The Bertz CT molecular complexity index is 290. The molecule has 2 aliphatic rings. The summed E-state index contributed by atoms with van der Waals surface area (Å²) < 4.78 is 0. The first-order valence-corrected chi connectivity index (χ1v) is 4.82. The predicted octanol–water partition coefficient (Wildman–Crippen LogP) is 2.31. The number of rotatable bonds is 1. The molecule has 2 aliphatic carbocycles. The highest BCUT2D eigenvalue weighted by atomic mass is 16.4. The maximum atomic E-state index is 11.1. The highest BCUT2D eigenvalue weighted by Gasteiger charge is 2.60. The van der Waals surface area contributed by atoms with E-state index >= 15 is 0 Å². The van der Waals surface area contributed by atoms with Crippen molar-refractivity contribution in [2.24, 2.45) is 22.7 Å². The summed E-state index contributed by atoms with van der Waals surface area (Å²) in [6, 6.07) is 0. The van der Waals surface area contributed by atoms with E-state index in [4.69, 9.17) is 5.11 Å². The molecule has 2 bridgehead atoms. The van der Waals surface area contributed by atoms with Gasteiger partial charge in [0.2, 0.25) is 0 Å². The Morgan fingerprint density at radius 2 is 2.08 bits per heavy atom. The van der Waals surface area contributed by atoms with E-state index in [1.807, 2.05) is 0 Å². The van der Waals surface area contributed by atoms with Crippen LogP contribution in [0.25, 0.3) is 0 Å². The highest BCUT2D eigenvalue weighted by Crippen LogP contribution is 2.64. The molecule has 72 valence electrons. The number of carboxylic acids is 1. The topological polar surface area (TPSA) is 37.3 Å². The largest absolute Gasteiger partial charge is 0.481 e. The third-order valence-corrected chi connectivity index (χ3v) is 4.50. The van der Waals surface area contributed by atoms with E-state index in [0.717, 1.165) is 6.42 Å². The summed E-state index contributed by atoms with van der Waals surface area (Å²) in [4.78, 5) is 11.1. The molecule has 0 aromatic rings. The Balaban J connectivity index is 2.44. The Hall–Kier alpha value is -0.790. The molecule has 1 fully saturated rings. The standard InChI is InChI=1S/C11H16O2/c1-10(2)7-4-5-11(10,3)8(6-7)9(12)13/h4-5,7-8H,6H2,1-3H3,(H,12,13)/t7-,8-,11+/m0/s1. The van der Waals surface area contributed by atoms with Gasteiger partial charge in [0.25, 0.3) is 0 Å². The van der Waals surface area contributed by atoms with Crippen LogP contribution in [0.1, 0.15) is 27.2 Å². The van der Waals surface area contributed by atoms with E-state index in [-0.39, 0.29) is 16.7 Å². The molecule has 2 heteroatoms. The molecule has 2 nitrogen and oxygen atoms in total. The van der Waals surface area contributed by atoms with Crippen molar-refractivity contribution in [1.82, 2.24) is 0 Å². The zero-order valence-corrected chi connectivity index (χ0v) is 8.37. The lowest BCUT2D eigenvalue weighted by molar-refractivity contribution is -0.145. The van der Waals surface area contributed by atoms with Crippen LogP contribution in [0.2, 0.25) is 0 Å². The average Bonchev–Trinajstić information content (AvgIpc) is 2.34. The monoisotopic (exact) mass is 180 g/mol. The molecule has 0 aromatic heterocycles. The molecule has 2 rings (SSSR count). The minimum atomic E-state index is -0.637. The number of allylic oxidation sites excluding steroid dienone is 2. The fraction of sp³-hybridized carbons (Fsp3) is 0.727. The first kappa shape index (κ1) is 8.79. The molecule has 1 saturated carbocycles. The van der Waals surface area contributed by atoms with Crippen molar-refractivity contribution in [3.05, 3.63) is 12.2 Å². The van der Waals surface area contributed by atoms with Crippen LogP contribution in [0.15, 0.2) is 12.2 Å². The molecule has 0 spiro atoms. The van der Waals surface area contributed by atoms with Gasteiger partial charge in [0.1, 0.15) is 0 Å². The minimum Gasteiger partial charge on any atom is -0.481 e. The second-order valence-corrected chi connectivity index (χ2v) is 5.10. The zero-order chi connectivity index (χ0) is 9.85. The summed E-state index contributed by atoms with van der Waals surface area (Å²) in [6.07, 6.45) is 5.12. The summed E-state index contributed by atoms with van der Waals surface area (Å²) in [5.74, 6) is -0.362. The normalized spacial score (nSPS) is 45.5. The summed E-state index contributed by atoms with van der Waals surface area (Å²) in [5.41, 5.74) is -0.0143. The zero-order valence-electron chi connectivity index (χ0n) is 8.37. The van der Waals surface area contributed by atoms with E-state index in [1.54, 1.807) is 0 Å². The van der Waals surface area contributed by atoms with E-state index in [0.29, 0.717) is 5.92 Å². The van der Waals surface area contributed by atoms with Gasteiger partial charge >= 0.3 is 5.97 Å². The second kappa shape index (κ2) is 2.17. The molecule has 3 atom stereocenters. The maximum Gasteiger partial charge on any atom is 0.307 e. The Kier molecular flexibility index (Phi) is 1.47. The SMILES string of the molecule is CC1(C)[C@H]2C=C[C@]1(C)[C@H](C(=O)O)C2. The van der Waals surface area contributed by atoms with Crippen molar-refractivity contribution in [2.45, 2.75) is 27.2 Å². The number of carboxylic acid groups (broad SMARTS) is 1. The number of aliphatic carboxylic acids is 1. The van der Waals surface area contributed by atoms with Gasteiger partial charge in [-0.2, -0.15) is 0 Å². The van der Waals surface area contributed by atoms with Gasteiger partial charge < -0.3 is 5.11 Å². The van der Waals surface area contributed by atoms with Gasteiger partial charge in [-0.3, -0.25) is 4.79 Å². The van der Waals surface area contributed by atoms with Crippen molar-refractivity contribution in [2.75, 3.05) is 0 Å². The first-order chi connectivity index (χ1) is 5.89. The molecule has 0 aromatic carbocycles. The second-order valence-electron chi connectivity index (χ2n) is 5.10. The minimum absolute atomic E-state index is 0.121. The molecular weight excluding hydrogens is 164 g/mol. The predicted molar refractivity (Wildman–Crippen MR) is 50.3 cm³/mol. The third-order valence-electron chi connectivity index (χ3n) is 4.50. The fourth-order valence-electron chi connectivity index (χ4n) is 2.97. The van der Waals surface area contributed by atoms with Gasteiger partial charge in [0.05, 0.1) is 5.92 Å². The number of carbonyl (C=O) groups is 1. The summed E-state index contributed by atoms with van der Waals surface area (Å²) in [6.45, 7) is 6.44. The van der Waals surface area contributed by atoms with Gasteiger partial charge in [0.15, 0.2) is 0 Å². The Morgan fingerprint density at radius 3 is 2.31 bits per heavy atom. The number of hydrogen-bond acceptors (Lipinski definition) is 1. The molecule has 1 N–H and O–H groups in total. The maximum absolute atomic E-state index is 11.1. The lowest BCUT2D eigenvalue weighted by Crippen LogP contribution is -2.35. The molecular formula is C11H16O2. The van der Waals surface area contributed by atoms with Crippen LogP contribution >= 0.6 is 0 Å². The van der Waals surface area contributed by atoms with Crippen LogP contribution in [0, 0.1) is 22.7 Å². The van der Waals surface area contributed by atoms with Gasteiger partial charge in [-0.25, -0.2) is 0 Å². The molecule has 0 heterocycles.